The molecule has 2 heterocycles. The zero-order valence-corrected chi connectivity index (χ0v) is 19.8. The lowest BCUT2D eigenvalue weighted by Crippen LogP contribution is -2.33. The molecule has 0 aliphatic carbocycles. The van der Waals surface area contributed by atoms with Gasteiger partial charge in [0.2, 0.25) is 5.91 Å². The van der Waals surface area contributed by atoms with Crippen LogP contribution in [-0.2, 0) is 11.8 Å². The molecule has 0 bridgehead atoms. The number of nitrogens with one attached hydrogen (secondary N) is 2. The predicted molar refractivity (Wildman–Crippen MR) is 123 cm³/mol. The summed E-state index contributed by atoms with van der Waals surface area (Å²) in [7, 11) is 1.84. The van der Waals surface area contributed by atoms with Crippen LogP contribution in [0.25, 0.3) is 0 Å². The Labute approximate surface area is 189 Å². The van der Waals surface area contributed by atoms with Gasteiger partial charge in [0.1, 0.15) is 0 Å². The van der Waals surface area contributed by atoms with Crippen LogP contribution < -0.4 is 10.6 Å². The smallest absolute Gasteiger partial charge is 0.251 e. The molecule has 0 radical (unpaired) electrons. The molecule has 0 saturated carbocycles. The van der Waals surface area contributed by atoms with Gasteiger partial charge in [-0.25, -0.2) is 4.98 Å². The number of benzene rings is 1. The van der Waals surface area contributed by atoms with Crippen LogP contribution in [0, 0.1) is 19.8 Å². The highest BCUT2D eigenvalue weighted by Gasteiger charge is 2.25. The van der Waals surface area contributed by atoms with Crippen molar-refractivity contribution in [3.05, 3.63) is 52.3 Å². The molecular weight excluding hydrogens is 432 g/mol. The van der Waals surface area contributed by atoms with Gasteiger partial charge < -0.3 is 15.2 Å². The van der Waals surface area contributed by atoms with Gasteiger partial charge in [-0.3, -0.25) is 9.59 Å². The van der Waals surface area contributed by atoms with E-state index in [4.69, 9.17) is 0 Å². The van der Waals surface area contributed by atoms with Gasteiger partial charge in [0.15, 0.2) is 16.1 Å². The first-order valence-electron chi connectivity index (χ1n) is 9.86. The number of nitrogens with zero attached hydrogens (tertiary/aromatic N) is 4. The number of rotatable bonds is 8. The fourth-order valence-corrected chi connectivity index (χ4v) is 4.28. The summed E-state index contributed by atoms with van der Waals surface area (Å²) >= 11 is 2.72. The number of aryl methyl sites for hydroxylation is 2. The number of carbonyl (C=O) groups is 2. The molecule has 0 fully saturated rings. The van der Waals surface area contributed by atoms with Gasteiger partial charge in [-0.2, -0.15) is 0 Å². The molecule has 2 amide bonds. The molecule has 3 rings (SSSR count). The highest BCUT2D eigenvalue weighted by Crippen LogP contribution is 2.25. The van der Waals surface area contributed by atoms with Crippen LogP contribution in [0.2, 0.25) is 0 Å². The van der Waals surface area contributed by atoms with E-state index < -0.39 is 0 Å². The number of carbonyl (C=O) groups excluding carboxylic acids is 2. The fourth-order valence-electron chi connectivity index (χ4n) is 2.88. The maximum Gasteiger partial charge on any atom is 0.251 e. The van der Waals surface area contributed by atoms with Crippen LogP contribution in [0.1, 0.15) is 46.5 Å². The molecule has 0 saturated heterocycles. The van der Waals surface area contributed by atoms with Gasteiger partial charge in [0, 0.05) is 23.7 Å². The summed E-state index contributed by atoms with van der Waals surface area (Å²) in [5.41, 5.74) is 1.70. The summed E-state index contributed by atoms with van der Waals surface area (Å²) < 4.78 is 1.82. The normalized spacial score (nSPS) is 12.1. The number of hydrogen-bond acceptors (Lipinski definition) is 7. The zero-order valence-electron chi connectivity index (χ0n) is 18.2. The predicted octanol–water partition coefficient (Wildman–Crippen LogP) is 3.75. The van der Waals surface area contributed by atoms with E-state index >= 15 is 0 Å². The quantitative estimate of drug-likeness (QED) is 0.499. The summed E-state index contributed by atoms with van der Waals surface area (Å²) in [6, 6.07) is 7.13. The third-order valence-corrected chi connectivity index (χ3v) is 6.46. The molecule has 10 heteroatoms. The minimum atomic E-state index is -0.312. The van der Waals surface area contributed by atoms with Gasteiger partial charge in [-0.15, -0.1) is 21.5 Å². The molecule has 164 valence electrons. The Morgan fingerprint density at radius 1 is 1.16 bits per heavy atom. The first-order valence-corrected chi connectivity index (χ1v) is 11.7. The van der Waals surface area contributed by atoms with Crippen LogP contribution in [0.4, 0.5) is 5.13 Å². The molecule has 0 aliphatic rings. The van der Waals surface area contributed by atoms with E-state index in [1.807, 2.05) is 63.6 Å². The Bertz CT molecular complexity index is 1060. The molecule has 31 heavy (non-hydrogen) atoms. The second-order valence-electron chi connectivity index (χ2n) is 7.57. The molecule has 0 spiro atoms. The van der Waals surface area contributed by atoms with Crippen molar-refractivity contribution in [3.63, 3.8) is 0 Å². The van der Waals surface area contributed by atoms with Crippen LogP contribution >= 0.6 is 23.1 Å². The van der Waals surface area contributed by atoms with Crippen LogP contribution in [-0.4, -0.2) is 37.3 Å². The van der Waals surface area contributed by atoms with Crippen molar-refractivity contribution < 1.29 is 9.59 Å². The number of aromatic nitrogens is 4. The number of hydrogen-bond donors (Lipinski definition) is 2. The SMILES string of the molecule is Cc1ccc(C(=O)N[C@@H](c2nnc(SCC(=O)Nc3ncc(C)s3)n2C)C(C)C)cc1. The average Bonchev–Trinajstić information content (AvgIpc) is 3.29. The van der Waals surface area contributed by atoms with Gasteiger partial charge in [-0.05, 0) is 31.9 Å². The third-order valence-electron chi connectivity index (χ3n) is 4.61. The maximum absolute atomic E-state index is 12.7. The second kappa shape index (κ2) is 10.1. The molecule has 8 nitrogen and oxygen atoms in total. The Hall–Kier alpha value is -2.72. The van der Waals surface area contributed by atoms with E-state index in [1.54, 1.807) is 6.20 Å². The van der Waals surface area contributed by atoms with Gasteiger partial charge in [0.25, 0.3) is 5.91 Å². The Morgan fingerprint density at radius 2 is 1.87 bits per heavy atom. The van der Waals surface area contributed by atoms with Crippen molar-refractivity contribution in [2.45, 2.75) is 38.9 Å². The van der Waals surface area contributed by atoms with E-state index in [9.17, 15) is 9.59 Å². The summed E-state index contributed by atoms with van der Waals surface area (Å²) in [6.07, 6.45) is 1.72. The van der Waals surface area contributed by atoms with Crippen molar-refractivity contribution in [2.75, 3.05) is 11.1 Å². The molecule has 1 aromatic carbocycles. The van der Waals surface area contributed by atoms with Crippen molar-refractivity contribution in [1.29, 1.82) is 0 Å². The monoisotopic (exact) mass is 458 g/mol. The average molecular weight is 459 g/mol. The zero-order chi connectivity index (χ0) is 22.5. The minimum absolute atomic E-state index is 0.103. The summed E-state index contributed by atoms with van der Waals surface area (Å²) in [5, 5.41) is 15.6. The minimum Gasteiger partial charge on any atom is -0.342 e. The van der Waals surface area contributed by atoms with Gasteiger partial charge in [0.05, 0.1) is 11.8 Å². The number of thioether (sulfide) groups is 1. The van der Waals surface area contributed by atoms with Crippen molar-refractivity contribution >= 4 is 40.0 Å². The molecule has 2 N–H and O–H groups in total. The van der Waals surface area contributed by atoms with Crippen molar-refractivity contribution in [1.82, 2.24) is 25.1 Å². The van der Waals surface area contributed by atoms with Crippen LogP contribution in [0.3, 0.4) is 0 Å². The van der Waals surface area contributed by atoms with E-state index in [1.165, 1.54) is 23.1 Å². The number of anilines is 1. The lowest BCUT2D eigenvalue weighted by molar-refractivity contribution is -0.113. The second-order valence-corrected chi connectivity index (χ2v) is 9.75. The third kappa shape index (κ3) is 5.92. The van der Waals surface area contributed by atoms with E-state index in [-0.39, 0.29) is 29.5 Å². The number of amides is 2. The summed E-state index contributed by atoms with van der Waals surface area (Å²) in [5.74, 6) is 0.624. The Kier molecular flexibility index (Phi) is 7.45. The molecule has 0 unspecified atom stereocenters. The molecular formula is C21H26N6O2S2. The number of thiazole rings is 1. The fraction of sp³-hybridized carbons (Fsp3) is 0.381. The van der Waals surface area contributed by atoms with E-state index in [0.29, 0.717) is 21.7 Å². The first kappa shape index (κ1) is 23.0. The first-order chi connectivity index (χ1) is 14.7. The summed E-state index contributed by atoms with van der Waals surface area (Å²) in [6.45, 7) is 7.96. The van der Waals surface area contributed by atoms with E-state index in [0.717, 1.165) is 10.4 Å². The van der Waals surface area contributed by atoms with Crippen LogP contribution in [0.5, 0.6) is 0 Å². The van der Waals surface area contributed by atoms with E-state index in [2.05, 4.69) is 25.8 Å². The maximum atomic E-state index is 12.7. The molecule has 2 aromatic heterocycles. The van der Waals surface area contributed by atoms with Gasteiger partial charge in [-0.1, -0.05) is 43.3 Å². The van der Waals surface area contributed by atoms with Crippen molar-refractivity contribution in [3.8, 4) is 0 Å². The topological polar surface area (TPSA) is 102 Å². The van der Waals surface area contributed by atoms with Crippen LogP contribution in [0.15, 0.2) is 35.6 Å². The largest absolute Gasteiger partial charge is 0.342 e. The standard InChI is InChI=1S/C21H26N6O2S2/c1-12(2)17(24-19(29)15-8-6-13(3)7-9-15)18-25-26-21(27(18)5)30-11-16(28)23-20-22-10-14(4)31-20/h6-10,12,17H,11H2,1-5H3,(H,24,29)(H,22,23,28)/t17-/m1/s1. The van der Waals surface area contributed by atoms with Gasteiger partial charge >= 0.3 is 0 Å². The molecule has 3 aromatic rings. The Morgan fingerprint density at radius 3 is 2.48 bits per heavy atom. The molecule has 1 atom stereocenters. The lowest BCUT2D eigenvalue weighted by atomic mass is 10.0. The van der Waals surface area contributed by atoms with Crippen molar-refractivity contribution in [2.24, 2.45) is 13.0 Å². The highest BCUT2D eigenvalue weighted by molar-refractivity contribution is 7.99. The highest BCUT2D eigenvalue weighted by atomic mass is 32.2. The molecule has 0 aliphatic heterocycles. The Balaban J connectivity index is 1.66. The summed E-state index contributed by atoms with van der Waals surface area (Å²) in [4.78, 5) is 30.1. The lowest BCUT2D eigenvalue weighted by Gasteiger charge is -2.21.